The number of halogens is 1. The molecule has 0 bridgehead atoms. The molecule has 1 amide bonds. The number of nitrogens with one attached hydrogen (secondary N) is 1. The topological polar surface area (TPSA) is 54.5 Å². The molecule has 1 fully saturated rings. The number of nitrogens with zero attached hydrogens (tertiary/aromatic N) is 2. The molecule has 1 aromatic carbocycles. The zero-order valence-corrected chi connectivity index (χ0v) is 13.8. The molecule has 1 aromatic heterocycles. The summed E-state index contributed by atoms with van der Waals surface area (Å²) < 4.78 is 18.8. The van der Waals surface area contributed by atoms with Crippen molar-refractivity contribution >= 4 is 11.7 Å². The van der Waals surface area contributed by atoms with Crippen LogP contribution in [0.1, 0.15) is 34.8 Å². The summed E-state index contributed by atoms with van der Waals surface area (Å²) in [4.78, 5) is 18.8. The second kappa shape index (κ2) is 6.86. The van der Waals surface area contributed by atoms with Gasteiger partial charge in [0.15, 0.2) is 11.6 Å². The molecule has 5 nitrogen and oxygen atoms in total. The molecule has 1 saturated heterocycles. The third-order valence-electron chi connectivity index (χ3n) is 4.34. The van der Waals surface area contributed by atoms with Crippen LogP contribution in [0.3, 0.4) is 0 Å². The number of hydrogen-bond donors (Lipinski definition) is 1. The number of methoxy groups -OCH3 is 1. The van der Waals surface area contributed by atoms with Gasteiger partial charge < -0.3 is 15.0 Å². The highest BCUT2D eigenvalue weighted by Crippen LogP contribution is 2.34. The molecule has 6 heteroatoms. The number of likely N-dealkylation sites (tertiary alicyclic amines) is 1. The minimum Gasteiger partial charge on any atom is -0.494 e. The van der Waals surface area contributed by atoms with Crippen LogP contribution in [-0.2, 0) is 0 Å². The molecule has 126 valence electrons. The molecular formula is C18H20FN3O2. The molecule has 0 spiro atoms. The van der Waals surface area contributed by atoms with E-state index >= 15 is 0 Å². The molecule has 0 unspecified atom stereocenters. The Morgan fingerprint density at radius 2 is 2.21 bits per heavy atom. The summed E-state index contributed by atoms with van der Waals surface area (Å²) >= 11 is 0. The molecule has 2 heterocycles. The van der Waals surface area contributed by atoms with Gasteiger partial charge in [0.2, 0.25) is 0 Å². The highest BCUT2D eigenvalue weighted by molar-refractivity contribution is 5.94. The number of carbonyl (C=O) groups is 1. The maximum atomic E-state index is 13.9. The number of amides is 1. The van der Waals surface area contributed by atoms with E-state index in [-0.39, 0.29) is 17.7 Å². The first-order chi connectivity index (χ1) is 11.6. The van der Waals surface area contributed by atoms with Crippen LogP contribution in [0.4, 0.5) is 10.2 Å². The molecular weight excluding hydrogens is 309 g/mol. The Hall–Kier alpha value is -2.63. The predicted octanol–water partition coefficient (Wildman–Crippen LogP) is 3.25. The quantitative estimate of drug-likeness (QED) is 0.935. The Morgan fingerprint density at radius 1 is 1.38 bits per heavy atom. The maximum Gasteiger partial charge on any atom is 0.254 e. The third-order valence-corrected chi connectivity index (χ3v) is 4.34. The SMILES string of the molecule is CNc1cc([C@@H]2CCCN2C(=O)c2ccc(OC)c(F)c2)ccn1. The van der Waals surface area contributed by atoms with Gasteiger partial charge >= 0.3 is 0 Å². The molecule has 0 saturated carbocycles. The molecule has 1 aliphatic rings. The lowest BCUT2D eigenvalue weighted by atomic mass is 10.0. The highest BCUT2D eigenvalue weighted by Gasteiger charge is 2.31. The Kier molecular flexibility index (Phi) is 4.64. The van der Waals surface area contributed by atoms with E-state index in [4.69, 9.17) is 4.74 Å². The zero-order valence-electron chi connectivity index (χ0n) is 13.8. The van der Waals surface area contributed by atoms with Crippen molar-refractivity contribution in [3.63, 3.8) is 0 Å². The summed E-state index contributed by atoms with van der Waals surface area (Å²) in [5, 5.41) is 3.01. The first-order valence-electron chi connectivity index (χ1n) is 7.92. The van der Waals surface area contributed by atoms with Crippen molar-refractivity contribution in [1.29, 1.82) is 0 Å². The molecule has 0 aliphatic carbocycles. The second-order valence-corrected chi connectivity index (χ2v) is 5.73. The molecule has 0 radical (unpaired) electrons. The number of benzene rings is 1. The van der Waals surface area contributed by atoms with Crippen LogP contribution >= 0.6 is 0 Å². The van der Waals surface area contributed by atoms with Gasteiger partial charge in [-0.2, -0.15) is 0 Å². The highest BCUT2D eigenvalue weighted by atomic mass is 19.1. The van der Waals surface area contributed by atoms with E-state index < -0.39 is 5.82 Å². The molecule has 1 N–H and O–H groups in total. The molecule has 3 rings (SSSR count). The Morgan fingerprint density at radius 3 is 2.92 bits per heavy atom. The van der Waals surface area contributed by atoms with Gasteiger partial charge in [-0.05, 0) is 48.7 Å². The van der Waals surface area contributed by atoms with E-state index in [0.717, 1.165) is 24.2 Å². The first kappa shape index (κ1) is 16.2. The summed E-state index contributed by atoms with van der Waals surface area (Å²) in [5.74, 6) is 0.210. The Bertz CT molecular complexity index is 751. The van der Waals surface area contributed by atoms with Gasteiger partial charge in [0, 0.05) is 25.4 Å². The number of ether oxygens (including phenoxy) is 1. The average molecular weight is 329 g/mol. The van der Waals surface area contributed by atoms with E-state index in [1.54, 1.807) is 17.2 Å². The molecule has 1 aliphatic heterocycles. The fraction of sp³-hybridized carbons (Fsp3) is 0.333. The van der Waals surface area contributed by atoms with Crippen molar-refractivity contribution in [3.05, 3.63) is 53.5 Å². The van der Waals surface area contributed by atoms with Crippen LogP contribution in [0.2, 0.25) is 0 Å². The smallest absolute Gasteiger partial charge is 0.254 e. The normalized spacial score (nSPS) is 17.0. The molecule has 1 atom stereocenters. The molecule has 2 aromatic rings. The minimum atomic E-state index is -0.527. The standard InChI is InChI=1S/C18H20FN3O2/c1-20-17-11-12(7-8-21-17)15-4-3-9-22(15)18(23)13-5-6-16(24-2)14(19)10-13/h5-8,10-11,15H,3-4,9H2,1-2H3,(H,20,21)/t15-/m0/s1. The van der Waals surface area contributed by atoms with Gasteiger partial charge in [0.05, 0.1) is 13.2 Å². The fourth-order valence-electron chi connectivity index (χ4n) is 3.11. The van der Waals surface area contributed by atoms with Gasteiger partial charge in [-0.3, -0.25) is 4.79 Å². The maximum absolute atomic E-state index is 13.9. The van der Waals surface area contributed by atoms with E-state index in [1.165, 1.54) is 19.2 Å². The van der Waals surface area contributed by atoms with Gasteiger partial charge in [0.25, 0.3) is 5.91 Å². The van der Waals surface area contributed by atoms with Crippen LogP contribution in [0.5, 0.6) is 5.75 Å². The summed E-state index contributed by atoms with van der Waals surface area (Å²) in [6.45, 7) is 0.661. The van der Waals surface area contributed by atoms with E-state index in [1.807, 2.05) is 19.2 Å². The fourth-order valence-corrected chi connectivity index (χ4v) is 3.11. The number of pyridine rings is 1. The Labute approximate surface area is 140 Å². The largest absolute Gasteiger partial charge is 0.494 e. The summed E-state index contributed by atoms with van der Waals surface area (Å²) in [6, 6.07) is 8.18. The monoisotopic (exact) mass is 329 g/mol. The van der Waals surface area contributed by atoms with E-state index in [9.17, 15) is 9.18 Å². The second-order valence-electron chi connectivity index (χ2n) is 5.73. The van der Waals surface area contributed by atoms with Crippen LogP contribution in [0.15, 0.2) is 36.5 Å². The van der Waals surface area contributed by atoms with Crippen molar-refractivity contribution in [1.82, 2.24) is 9.88 Å². The van der Waals surface area contributed by atoms with Gasteiger partial charge in [-0.15, -0.1) is 0 Å². The van der Waals surface area contributed by atoms with Gasteiger partial charge in [0.1, 0.15) is 5.82 Å². The lowest BCUT2D eigenvalue weighted by Crippen LogP contribution is -2.30. The lowest BCUT2D eigenvalue weighted by Gasteiger charge is -2.25. The number of hydrogen-bond acceptors (Lipinski definition) is 4. The minimum absolute atomic E-state index is 0.0160. The van der Waals surface area contributed by atoms with Gasteiger partial charge in [-0.1, -0.05) is 0 Å². The number of carbonyl (C=O) groups excluding carboxylic acids is 1. The van der Waals surface area contributed by atoms with Crippen molar-refractivity contribution in [3.8, 4) is 5.75 Å². The number of rotatable bonds is 4. The zero-order chi connectivity index (χ0) is 17.1. The van der Waals surface area contributed by atoms with Crippen LogP contribution in [-0.4, -0.2) is 36.5 Å². The summed E-state index contributed by atoms with van der Waals surface area (Å²) in [6.07, 6.45) is 3.54. The average Bonchev–Trinajstić information content (AvgIpc) is 3.10. The first-order valence-corrected chi connectivity index (χ1v) is 7.92. The predicted molar refractivity (Wildman–Crippen MR) is 89.7 cm³/mol. The lowest BCUT2D eigenvalue weighted by molar-refractivity contribution is 0.0735. The number of aromatic nitrogens is 1. The van der Waals surface area contributed by atoms with Crippen LogP contribution in [0.25, 0.3) is 0 Å². The van der Waals surface area contributed by atoms with Crippen molar-refractivity contribution in [2.75, 3.05) is 26.0 Å². The molecule has 24 heavy (non-hydrogen) atoms. The van der Waals surface area contributed by atoms with Crippen LogP contribution < -0.4 is 10.1 Å². The summed E-state index contributed by atoms with van der Waals surface area (Å²) in [7, 11) is 3.21. The van der Waals surface area contributed by atoms with Gasteiger partial charge in [-0.25, -0.2) is 9.37 Å². The number of anilines is 1. The third kappa shape index (κ3) is 3.04. The van der Waals surface area contributed by atoms with E-state index in [0.29, 0.717) is 12.1 Å². The van der Waals surface area contributed by atoms with Crippen molar-refractivity contribution in [2.24, 2.45) is 0 Å². The Balaban J connectivity index is 1.87. The van der Waals surface area contributed by atoms with E-state index in [2.05, 4.69) is 10.3 Å². The van der Waals surface area contributed by atoms with Crippen molar-refractivity contribution < 1.29 is 13.9 Å². The summed E-state index contributed by atoms with van der Waals surface area (Å²) in [5.41, 5.74) is 1.37. The van der Waals surface area contributed by atoms with Crippen molar-refractivity contribution in [2.45, 2.75) is 18.9 Å². The van der Waals surface area contributed by atoms with Crippen LogP contribution in [0, 0.1) is 5.82 Å².